The Hall–Kier alpha value is -1.50. The van der Waals surface area contributed by atoms with Gasteiger partial charge in [-0.25, -0.2) is 9.59 Å². The maximum Gasteiger partial charge on any atom is 0.328 e. The molecular formula is C15H18Cl2N2O4. The maximum absolute atomic E-state index is 12.2. The number of nitrogens with one attached hydrogen (secondary N) is 1. The number of aliphatic hydroxyl groups is 1. The van der Waals surface area contributed by atoms with E-state index >= 15 is 0 Å². The molecular weight excluding hydrogens is 343 g/mol. The van der Waals surface area contributed by atoms with Crippen molar-refractivity contribution in [1.82, 2.24) is 10.2 Å². The van der Waals surface area contributed by atoms with Gasteiger partial charge >= 0.3 is 12.0 Å². The normalized spacial score (nSPS) is 18.6. The summed E-state index contributed by atoms with van der Waals surface area (Å²) in [5, 5.41) is 13.0. The van der Waals surface area contributed by atoms with Crippen LogP contribution < -0.4 is 5.32 Å². The largest absolute Gasteiger partial charge is 0.467 e. The molecule has 126 valence electrons. The molecule has 1 aromatic rings. The van der Waals surface area contributed by atoms with Crippen LogP contribution in [-0.4, -0.2) is 54.4 Å². The lowest BCUT2D eigenvalue weighted by atomic mass is 10.1. The van der Waals surface area contributed by atoms with E-state index in [9.17, 15) is 14.7 Å². The summed E-state index contributed by atoms with van der Waals surface area (Å²) in [7, 11) is 1.25. The SMILES string of the molecule is COC(=O)[C@@H](Cc1ccc(Cl)cc1Cl)NC(=O)N1CC[C@H](O)C1. The van der Waals surface area contributed by atoms with Crippen molar-refractivity contribution in [2.24, 2.45) is 0 Å². The molecule has 1 aromatic carbocycles. The lowest BCUT2D eigenvalue weighted by Gasteiger charge is -2.22. The van der Waals surface area contributed by atoms with Gasteiger partial charge in [0, 0.05) is 29.6 Å². The zero-order valence-electron chi connectivity index (χ0n) is 12.6. The van der Waals surface area contributed by atoms with Gasteiger partial charge in [0.25, 0.3) is 0 Å². The van der Waals surface area contributed by atoms with Crippen LogP contribution in [0.5, 0.6) is 0 Å². The van der Waals surface area contributed by atoms with Crippen LogP contribution in [0.25, 0.3) is 0 Å². The van der Waals surface area contributed by atoms with Crippen LogP contribution in [0.1, 0.15) is 12.0 Å². The first-order chi connectivity index (χ1) is 10.9. The molecule has 8 heteroatoms. The molecule has 0 unspecified atom stereocenters. The van der Waals surface area contributed by atoms with Crippen LogP contribution in [0.2, 0.25) is 10.0 Å². The first kappa shape index (κ1) is 17.8. The molecule has 2 amide bonds. The van der Waals surface area contributed by atoms with E-state index in [4.69, 9.17) is 27.9 Å². The summed E-state index contributed by atoms with van der Waals surface area (Å²) < 4.78 is 4.74. The van der Waals surface area contributed by atoms with E-state index in [0.29, 0.717) is 28.6 Å². The molecule has 2 N–H and O–H groups in total. The van der Waals surface area contributed by atoms with Crippen LogP contribution in [0.15, 0.2) is 18.2 Å². The fourth-order valence-corrected chi connectivity index (χ4v) is 2.89. The third kappa shape index (κ3) is 4.73. The van der Waals surface area contributed by atoms with Gasteiger partial charge in [-0.3, -0.25) is 0 Å². The highest BCUT2D eigenvalue weighted by Gasteiger charge is 2.29. The van der Waals surface area contributed by atoms with Gasteiger partial charge < -0.3 is 20.1 Å². The number of amides is 2. The number of ether oxygens (including phenoxy) is 1. The van der Waals surface area contributed by atoms with Crippen molar-refractivity contribution in [2.45, 2.75) is 25.0 Å². The number of methoxy groups -OCH3 is 1. The van der Waals surface area contributed by atoms with Crippen molar-refractivity contribution < 1.29 is 19.4 Å². The summed E-state index contributed by atoms with van der Waals surface area (Å²) in [5.41, 5.74) is 0.674. The van der Waals surface area contributed by atoms with E-state index in [1.54, 1.807) is 18.2 Å². The van der Waals surface area contributed by atoms with Gasteiger partial charge in [0.2, 0.25) is 0 Å². The Kier molecular flexibility index (Phi) is 6.10. The van der Waals surface area contributed by atoms with Gasteiger partial charge in [-0.1, -0.05) is 29.3 Å². The summed E-state index contributed by atoms with van der Waals surface area (Å²) >= 11 is 12.0. The average molecular weight is 361 g/mol. The van der Waals surface area contributed by atoms with Gasteiger partial charge in [-0.05, 0) is 24.1 Å². The summed E-state index contributed by atoms with van der Waals surface area (Å²) in [6.45, 7) is 0.698. The molecule has 1 heterocycles. The van der Waals surface area contributed by atoms with Crippen molar-refractivity contribution >= 4 is 35.2 Å². The highest BCUT2D eigenvalue weighted by molar-refractivity contribution is 6.35. The molecule has 0 aromatic heterocycles. The minimum atomic E-state index is -0.871. The molecule has 0 aliphatic carbocycles. The smallest absolute Gasteiger partial charge is 0.328 e. The summed E-state index contributed by atoms with van der Waals surface area (Å²) in [4.78, 5) is 25.6. The predicted octanol–water partition coefficient (Wildman–Crippen LogP) is 1.85. The van der Waals surface area contributed by atoms with Crippen LogP contribution in [0, 0.1) is 0 Å². The van der Waals surface area contributed by atoms with Gasteiger partial charge in [0.15, 0.2) is 0 Å². The minimum Gasteiger partial charge on any atom is -0.467 e. The second-order valence-corrected chi connectivity index (χ2v) is 6.20. The Morgan fingerprint density at radius 1 is 1.48 bits per heavy atom. The first-order valence-electron chi connectivity index (χ1n) is 7.16. The van der Waals surface area contributed by atoms with Crippen molar-refractivity contribution in [2.75, 3.05) is 20.2 Å². The number of urea groups is 1. The number of rotatable bonds is 4. The van der Waals surface area contributed by atoms with Gasteiger partial charge in [0.05, 0.1) is 13.2 Å². The van der Waals surface area contributed by atoms with Gasteiger partial charge in [-0.15, -0.1) is 0 Å². The number of β-amino-alcohol motifs (C(OH)–C–C–N with tert-alkyl or cyclic N) is 1. The van der Waals surface area contributed by atoms with Gasteiger partial charge in [-0.2, -0.15) is 0 Å². The summed E-state index contributed by atoms with van der Waals surface area (Å²) in [5.74, 6) is -0.566. The second-order valence-electron chi connectivity index (χ2n) is 5.35. The first-order valence-corrected chi connectivity index (χ1v) is 7.91. The molecule has 1 fully saturated rings. The van der Waals surface area contributed by atoms with E-state index in [-0.39, 0.29) is 13.0 Å². The average Bonchev–Trinajstić information content (AvgIpc) is 2.94. The van der Waals surface area contributed by atoms with E-state index in [1.807, 2.05) is 0 Å². The Balaban J connectivity index is 2.07. The molecule has 1 aliphatic rings. The van der Waals surface area contributed by atoms with E-state index in [1.165, 1.54) is 12.0 Å². The number of hydrogen-bond donors (Lipinski definition) is 2. The van der Waals surface area contributed by atoms with Crippen molar-refractivity contribution in [3.8, 4) is 0 Å². The lowest BCUT2D eigenvalue weighted by Crippen LogP contribution is -2.48. The molecule has 1 saturated heterocycles. The van der Waals surface area contributed by atoms with E-state index in [0.717, 1.165) is 0 Å². The number of esters is 1. The quantitative estimate of drug-likeness (QED) is 0.803. The molecule has 0 saturated carbocycles. The van der Waals surface area contributed by atoms with Crippen LogP contribution in [0.4, 0.5) is 4.79 Å². The molecule has 0 bridgehead atoms. The Morgan fingerprint density at radius 3 is 2.78 bits per heavy atom. The Labute approximate surface area is 144 Å². The third-order valence-corrected chi connectivity index (χ3v) is 4.26. The van der Waals surface area contributed by atoms with E-state index in [2.05, 4.69) is 5.32 Å². The number of hydrogen-bond acceptors (Lipinski definition) is 4. The Bertz CT molecular complexity index is 597. The molecule has 2 rings (SSSR count). The van der Waals surface area contributed by atoms with Crippen LogP contribution >= 0.6 is 23.2 Å². The van der Waals surface area contributed by atoms with Crippen molar-refractivity contribution in [3.05, 3.63) is 33.8 Å². The summed E-state index contributed by atoms with van der Waals surface area (Å²) in [6, 6.07) is 3.65. The third-order valence-electron chi connectivity index (χ3n) is 3.67. The van der Waals surface area contributed by atoms with E-state index < -0.39 is 24.1 Å². The zero-order valence-corrected chi connectivity index (χ0v) is 14.1. The molecule has 6 nitrogen and oxygen atoms in total. The second kappa shape index (κ2) is 7.86. The molecule has 0 radical (unpaired) electrons. The number of carbonyl (C=O) groups is 2. The number of halogens is 2. The van der Waals surface area contributed by atoms with Crippen LogP contribution in [0.3, 0.4) is 0 Å². The topological polar surface area (TPSA) is 78.9 Å². The number of aliphatic hydroxyl groups excluding tert-OH is 1. The van der Waals surface area contributed by atoms with Crippen LogP contribution in [-0.2, 0) is 16.0 Å². The minimum absolute atomic E-state index is 0.185. The maximum atomic E-state index is 12.2. The monoisotopic (exact) mass is 360 g/mol. The number of benzene rings is 1. The predicted molar refractivity (Wildman–Crippen MR) is 86.7 cm³/mol. The molecule has 1 aliphatic heterocycles. The standard InChI is InChI=1S/C15H18Cl2N2O4/c1-23-14(21)13(6-9-2-3-10(16)7-12(9)17)18-15(22)19-5-4-11(20)8-19/h2-3,7,11,13,20H,4-6,8H2,1H3,(H,18,22)/t11-,13+/m0/s1. The highest BCUT2D eigenvalue weighted by Crippen LogP contribution is 2.22. The fourth-order valence-electron chi connectivity index (χ4n) is 2.41. The fraction of sp³-hybridized carbons (Fsp3) is 0.467. The molecule has 23 heavy (non-hydrogen) atoms. The van der Waals surface area contributed by atoms with Crippen molar-refractivity contribution in [3.63, 3.8) is 0 Å². The lowest BCUT2D eigenvalue weighted by molar-refractivity contribution is -0.142. The van der Waals surface area contributed by atoms with Crippen molar-refractivity contribution in [1.29, 1.82) is 0 Å². The Morgan fingerprint density at radius 2 is 2.22 bits per heavy atom. The number of carbonyl (C=O) groups excluding carboxylic acids is 2. The number of likely N-dealkylation sites (tertiary alicyclic amines) is 1. The highest BCUT2D eigenvalue weighted by atomic mass is 35.5. The zero-order chi connectivity index (χ0) is 17.0. The van der Waals surface area contributed by atoms with Gasteiger partial charge in [0.1, 0.15) is 6.04 Å². The summed E-state index contributed by atoms with van der Waals surface area (Å²) in [6.07, 6.45) is 0.187. The number of nitrogens with zero attached hydrogens (tertiary/aromatic N) is 1. The molecule has 2 atom stereocenters. The molecule has 0 spiro atoms.